The van der Waals surface area contributed by atoms with Crippen LogP contribution in [-0.4, -0.2) is 31.1 Å². The van der Waals surface area contributed by atoms with Crippen molar-refractivity contribution in [2.24, 2.45) is 0 Å². The fourth-order valence-electron chi connectivity index (χ4n) is 1.64. The first-order valence-electron chi connectivity index (χ1n) is 5.27. The Morgan fingerprint density at radius 1 is 1.41 bits per heavy atom. The second-order valence-corrected chi connectivity index (χ2v) is 3.56. The molecule has 0 aromatic carbocycles. The first-order chi connectivity index (χ1) is 8.22. The van der Waals surface area contributed by atoms with Gasteiger partial charge in [0.1, 0.15) is 0 Å². The molecule has 0 amide bonds. The zero-order valence-corrected chi connectivity index (χ0v) is 9.37. The Morgan fingerprint density at radius 2 is 2.12 bits per heavy atom. The molecule has 1 N–H and O–H groups in total. The SMILES string of the molecule is CCc1c(C(=O)O)nnn1Cc1ccncc1. The fraction of sp³-hybridized carbons (Fsp3) is 0.273. The van der Waals surface area contributed by atoms with Crippen molar-refractivity contribution in [2.45, 2.75) is 19.9 Å². The molecule has 88 valence electrons. The van der Waals surface area contributed by atoms with Crippen molar-refractivity contribution in [3.8, 4) is 0 Å². The summed E-state index contributed by atoms with van der Waals surface area (Å²) < 4.78 is 1.61. The van der Waals surface area contributed by atoms with Crippen LogP contribution in [0.25, 0.3) is 0 Å². The minimum absolute atomic E-state index is 0.0292. The van der Waals surface area contributed by atoms with E-state index in [1.807, 2.05) is 19.1 Å². The van der Waals surface area contributed by atoms with Crippen LogP contribution in [0.2, 0.25) is 0 Å². The van der Waals surface area contributed by atoms with Crippen LogP contribution in [0.5, 0.6) is 0 Å². The summed E-state index contributed by atoms with van der Waals surface area (Å²) in [5.74, 6) is -1.04. The molecule has 0 aliphatic heterocycles. The number of hydrogen-bond acceptors (Lipinski definition) is 4. The van der Waals surface area contributed by atoms with Crippen molar-refractivity contribution in [3.63, 3.8) is 0 Å². The minimum Gasteiger partial charge on any atom is -0.476 e. The fourth-order valence-corrected chi connectivity index (χ4v) is 1.64. The van der Waals surface area contributed by atoms with Crippen LogP contribution in [0, 0.1) is 0 Å². The lowest BCUT2D eigenvalue weighted by molar-refractivity contribution is 0.0689. The number of aromatic nitrogens is 4. The van der Waals surface area contributed by atoms with E-state index in [4.69, 9.17) is 5.11 Å². The van der Waals surface area contributed by atoms with Crippen molar-refractivity contribution < 1.29 is 9.90 Å². The highest BCUT2D eigenvalue weighted by atomic mass is 16.4. The lowest BCUT2D eigenvalue weighted by Crippen LogP contribution is -2.08. The van der Waals surface area contributed by atoms with E-state index in [0.717, 1.165) is 5.56 Å². The molecule has 0 atom stereocenters. The number of nitrogens with zero attached hydrogens (tertiary/aromatic N) is 4. The molecule has 0 fully saturated rings. The summed E-state index contributed by atoms with van der Waals surface area (Å²) in [6.45, 7) is 2.39. The van der Waals surface area contributed by atoms with Crippen molar-refractivity contribution in [1.82, 2.24) is 20.0 Å². The quantitative estimate of drug-likeness (QED) is 0.849. The number of carboxylic acids is 1. The highest BCUT2D eigenvalue weighted by Gasteiger charge is 2.17. The lowest BCUT2D eigenvalue weighted by atomic mass is 10.2. The Balaban J connectivity index is 2.31. The average Bonchev–Trinajstić information content (AvgIpc) is 2.73. The average molecular weight is 232 g/mol. The van der Waals surface area contributed by atoms with E-state index >= 15 is 0 Å². The molecule has 17 heavy (non-hydrogen) atoms. The summed E-state index contributed by atoms with van der Waals surface area (Å²) in [5, 5.41) is 16.5. The molecule has 2 heterocycles. The molecular weight excluding hydrogens is 220 g/mol. The smallest absolute Gasteiger partial charge is 0.358 e. The minimum atomic E-state index is -1.04. The summed E-state index contributed by atoms with van der Waals surface area (Å²) in [7, 11) is 0. The summed E-state index contributed by atoms with van der Waals surface area (Å²) >= 11 is 0. The highest BCUT2D eigenvalue weighted by Crippen LogP contribution is 2.09. The van der Waals surface area contributed by atoms with Crippen LogP contribution in [0.1, 0.15) is 28.7 Å². The van der Waals surface area contributed by atoms with Crippen molar-refractivity contribution >= 4 is 5.97 Å². The zero-order valence-electron chi connectivity index (χ0n) is 9.37. The standard InChI is InChI=1S/C11H12N4O2/c1-2-9-10(11(16)17)13-14-15(9)7-8-3-5-12-6-4-8/h3-6H,2,7H2,1H3,(H,16,17). The molecule has 0 saturated carbocycles. The van der Waals surface area contributed by atoms with Crippen LogP contribution in [0.15, 0.2) is 24.5 Å². The largest absolute Gasteiger partial charge is 0.476 e. The lowest BCUT2D eigenvalue weighted by Gasteiger charge is -2.04. The molecule has 2 aromatic rings. The van der Waals surface area contributed by atoms with Gasteiger partial charge in [-0.1, -0.05) is 12.1 Å². The monoisotopic (exact) mass is 232 g/mol. The van der Waals surface area contributed by atoms with E-state index in [2.05, 4.69) is 15.3 Å². The molecule has 0 spiro atoms. The van der Waals surface area contributed by atoms with Gasteiger partial charge in [-0.15, -0.1) is 5.10 Å². The Bertz CT molecular complexity index is 522. The first kappa shape index (κ1) is 11.3. The van der Waals surface area contributed by atoms with Gasteiger partial charge in [-0.05, 0) is 24.1 Å². The van der Waals surface area contributed by atoms with Crippen LogP contribution in [-0.2, 0) is 13.0 Å². The predicted octanol–water partition coefficient (Wildman–Crippen LogP) is 0.982. The topological polar surface area (TPSA) is 80.9 Å². The maximum Gasteiger partial charge on any atom is 0.358 e. The Hall–Kier alpha value is -2.24. The van der Waals surface area contributed by atoms with E-state index in [0.29, 0.717) is 18.7 Å². The molecule has 0 bridgehead atoms. The molecule has 0 unspecified atom stereocenters. The Labute approximate surface area is 97.9 Å². The number of pyridine rings is 1. The van der Waals surface area contributed by atoms with E-state index < -0.39 is 5.97 Å². The van der Waals surface area contributed by atoms with Crippen LogP contribution in [0.3, 0.4) is 0 Å². The van der Waals surface area contributed by atoms with Crippen LogP contribution in [0.4, 0.5) is 0 Å². The number of hydrogen-bond donors (Lipinski definition) is 1. The van der Waals surface area contributed by atoms with Crippen LogP contribution >= 0.6 is 0 Å². The number of aromatic carboxylic acids is 1. The van der Waals surface area contributed by atoms with Gasteiger partial charge < -0.3 is 5.11 Å². The maximum absolute atomic E-state index is 10.9. The van der Waals surface area contributed by atoms with Crippen LogP contribution < -0.4 is 0 Å². The summed E-state index contributed by atoms with van der Waals surface area (Å²) in [6, 6.07) is 3.73. The van der Waals surface area contributed by atoms with Gasteiger partial charge >= 0.3 is 5.97 Å². The van der Waals surface area contributed by atoms with Crippen molar-refractivity contribution in [2.75, 3.05) is 0 Å². The molecular formula is C11H12N4O2. The third-order valence-corrected chi connectivity index (χ3v) is 2.46. The van der Waals surface area contributed by atoms with E-state index in [9.17, 15) is 4.79 Å². The predicted molar refractivity (Wildman–Crippen MR) is 59.7 cm³/mol. The normalized spacial score (nSPS) is 10.4. The second-order valence-electron chi connectivity index (χ2n) is 3.56. The highest BCUT2D eigenvalue weighted by molar-refractivity contribution is 5.86. The van der Waals surface area contributed by atoms with Crippen molar-refractivity contribution in [3.05, 3.63) is 41.5 Å². The van der Waals surface area contributed by atoms with E-state index in [1.165, 1.54) is 0 Å². The summed E-state index contributed by atoms with van der Waals surface area (Å²) in [5.41, 5.74) is 1.67. The number of carboxylic acid groups (broad SMARTS) is 1. The third-order valence-electron chi connectivity index (χ3n) is 2.46. The first-order valence-corrected chi connectivity index (χ1v) is 5.27. The van der Waals surface area contributed by atoms with Gasteiger partial charge in [0.05, 0.1) is 12.2 Å². The molecule has 0 saturated heterocycles. The number of rotatable bonds is 4. The molecule has 0 radical (unpaired) electrons. The third kappa shape index (κ3) is 2.30. The molecule has 6 heteroatoms. The molecule has 6 nitrogen and oxygen atoms in total. The van der Waals surface area contributed by atoms with Crippen molar-refractivity contribution in [1.29, 1.82) is 0 Å². The van der Waals surface area contributed by atoms with E-state index in [1.54, 1.807) is 17.1 Å². The van der Waals surface area contributed by atoms with Gasteiger partial charge in [0.25, 0.3) is 0 Å². The maximum atomic E-state index is 10.9. The second kappa shape index (κ2) is 4.73. The molecule has 2 aromatic heterocycles. The Morgan fingerprint density at radius 3 is 2.71 bits per heavy atom. The van der Waals surface area contributed by atoms with Gasteiger partial charge in [-0.2, -0.15) is 0 Å². The zero-order chi connectivity index (χ0) is 12.3. The summed E-state index contributed by atoms with van der Waals surface area (Å²) in [4.78, 5) is 14.8. The molecule has 0 aliphatic carbocycles. The van der Waals surface area contributed by atoms with Gasteiger partial charge in [-0.25, -0.2) is 9.48 Å². The van der Waals surface area contributed by atoms with Gasteiger partial charge in [0.15, 0.2) is 5.69 Å². The van der Waals surface area contributed by atoms with Gasteiger partial charge in [0.2, 0.25) is 0 Å². The van der Waals surface area contributed by atoms with E-state index in [-0.39, 0.29) is 5.69 Å². The van der Waals surface area contributed by atoms with Gasteiger partial charge in [-0.3, -0.25) is 4.98 Å². The molecule has 0 aliphatic rings. The van der Waals surface area contributed by atoms with Gasteiger partial charge in [0, 0.05) is 12.4 Å². The molecule has 2 rings (SSSR count). The number of carbonyl (C=O) groups is 1. The Kier molecular flexibility index (Phi) is 3.13. The summed E-state index contributed by atoms with van der Waals surface area (Å²) in [6.07, 6.45) is 3.96.